The van der Waals surface area contributed by atoms with Crippen molar-refractivity contribution in [1.82, 2.24) is 10.2 Å². The van der Waals surface area contributed by atoms with Crippen molar-refractivity contribution < 1.29 is 9.15 Å². The maximum absolute atomic E-state index is 5.81. The molecule has 20 heavy (non-hydrogen) atoms. The van der Waals surface area contributed by atoms with E-state index in [0.29, 0.717) is 12.1 Å². The highest BCUT2D eigenvalue weighted by Crippen LogP contribution is 2.21. The van der Waals surface area contributed by atoms with Crippen molar-refractivity contribution in [3.05, 3.63) is 24.2 Å². The van der Waals surface area contributed by atoms with E-state index in [1.54, 1.807) is 6.26 Å². The van der Waals surface area contributed by atoms with E-state index in [0.717, 1.165) is 31.8 Å². The zero-order valence-corrected chi connectivity index (χ0v) is 13.0. The normalized spacial score (nSPS) is 25.0. The van der Waals surface area contributed by atoms with Crippen LogP contribution in [-0.2, 0) is 4.74 Å². The van der Waals surface area contributed by atoms with Crippen molar-refractivity contribution in [2.45, 2.75) is 50.8 Å². The zero-order chi connectivity index (χ0) is 14.4. The molecule has 3 atom stereocenters. The van der Waals surface area contributed by atoms with Crippen molar-refractivity contribution in [3.63, 3.8) is 0 Å². The molecule has 1 N–H and O–H groups in total. The second-order valence-electron chi connectivity index (χ2n) is 5.91. The fraction of sp³-hybridized carbons (Fsp3) is 0.750. The molecule has 0 spiro atoms. The Kier molecular flexibility index (Phi) is 6.07. The summed E-state index contributed by atoms with van der Waals surface area (Å²) >= 11 is 0. The molecule has 0 amide bonds. The topological polar surface area (TPSA) is 37.6 Å². The number of ether oxygens (including phenoxy) is 1. The van der Waals surface area contributed by atoms with Gasteiger partial charge in [0.25, 0.3) is 0 Å². The Morgan fingerprint density at radius 1 is 1.45 bits per heavy atom. The van der Waals surface area contributed by atoms with Crippen LogP contribution >= 0.6 is 0 Å². The second-order valence-corrected chi connectivity index (χ2v) is 5.91. The first-order valence-electron chi connectivity index (χ1n) is 7.75. The van der Waals surface area contributed by atoms with Gasteiger partial charge in [-0.15, -0.1) is 0 Å². The van der Waals surface area contributed by atoms with Crippen LogP contribution in [-0.4, -0.2) is 44.3 Å². The predicted octanol–water partition coefficient (Wildman–Crippen LogP) is 2.82. The Hall–Kier alpha value is -0.840. The van der Waals surface area contributed by atoms with Crippen molar-refractivity contribution in [2.24, 2.45) is 0 Å². The van der Waals surface area contributed by atoms with Gasteiger partial charge in [0.1, 0.15) is 5.76 Å². The standard InChI is InChI=1S/C16H28N2O2/c1-4-6-14-11-13(8-10-19-14)17-12-15(18(2)3)16-7-5-9-20-16/h5,7,9,13-15,17H,4,6,8,10-12H2,1-3H3. The highest BCUT2D eigenvalue weighted by Gasteiger charge is 2.24. The highest BCUT2D eigenvalue weighted by molar-refractivity contribution is 5.05. The van der Waals surface area contributed by atoms with Crippen molar-refractivity contribution in [2.75, 3.05) is 27.2 Å². The molecule has 4 heteroatoms. The lowest BCUT2D eigenvalue weighted by atomic mass is 9.99. The minimum Gasteiger partial charge on any atom is -0.468 e. The third kappa shape index (κ3) is 4.33. The van der Waals surface area contributed by atoms with Crippen LogP contribution in [0.3, 0.4) is 0 Å². The van der Waals surface area contributed by atoms with E-state index >= 15 is 0 Å². The molecule has 1 fully saturated rings. The molecule has 0 radical (unpaired) electrons. The summed E-state index contributed by atoms with van der Waals surface area (Å²) in [5, 5.41) is 3.70. The summed E-state index contributed by atoms with van der Waals surface area (Å²) < 4.78 is 11.4. The van der Waals surface area contributed by atoms with Gasteiger partial charge in [-0.1, -0.05) is 13.3 Å². The van der Waals surface area contributed by atoms with E-state index in [2.05, 4.69) is 37.3 Å². The van der Waals surface area contributed by atoms with Gasteiger partial charge in [0.2, 0.25) is 0 Å². The number of furan rings is 1. The molecule has 4 nitrogen and oxygen atoms in total. The average Bonchev–Trinajstić information content (AvgIpc) is 2.93. The molecule has 1 aromatic rings. The Bertz CT molecular complexity index is 363. The van der Waals surface area contributed by atoms with Crippen molar-refractivity contribution >= 4 is 0 Å². The number of nitrogens with zero attached hydrogens (tertiary/aromatic N) is 1. The van der Waals surface area contributed by atoms with Crippen LogP contribution in [0, 0.1) is 0 Å². The molecule has 114 valence electrons. The smallest absolute Gasteiger partial charge is 0.122 e. The summed E-state index contributed by atoms with van der Waals surface area (Å²) in [6.07, 6.45) is 6.80. The monoisotopic (exact) mass is 280 g/mol. The van der Waals surface area contributed by atoms with Crippen LogP contribution in [0.2, 0.25) is 0 Å². The van der Waals surface area contributed by atoms with Gasteiger partial charge in [0, 0.05) is 19.2 Å². The van der Waals surface area contributed by atoms with E-state index in [-0.39, 0.29) is 6.04 Å². The van der Waals surface area contributed by atoms with Gasteiger partial charge in [-0.2, -0.15) is 0 Å². The van der Waals surface area contributed by atoms with Crippen LogP contribution < -0.4 is 5.32 Å². The Labute approximate surface area is 122 Å². The molecule has 1 aliphatic heterocycles. The maximum Gasteiger partial charge on any atom is 0.122 e. The van der Waals surface area contributed by atoms with E-state index in [4.69, 9.17) is 9.15 Å². The van der Waals surface area contributed by atoms with Crippen LogP contribution in [0.15, 0.2) is 22.8 Å². The first-order chi connectivity index (χ1) is 9.70. The molecule has 1 aromatic heterocycles. The van der Waals surface area contributed by atoms with Crippen LogP contribution in [0.5, 0.6) is 0 Å². The van der Waals surface area contributed by atoms with Gasteiger partial charge in [-0.3, -0.25) is 4.90 Å². The Morgan fingerprint density at radius 2 is 2.30 bits per heavy atom. The summed E-state index contributed by atoms with van der Waals surface area (Å²) in [4.78, 5) is 2.20. The number of hydrogen-bond donors (Lipinski definition) is 1. The quantitative estimate of drug-likeness (QED) is 0.833. The lowest BCUT2D eigenvalue weighted by molar-refractivity contribution is -0.00411. The fourth-order valence-corrected chi connectivity index (χ4v) is 2.89. The van der Waals surface area contributed by atoms with E-state index in [1.165, 1.54) is 12.8 Å². The number of likely N-dealkylation sites (N-methyl/N-ethyl adjacent to an activating group) is 1. The first kappa shape index (κ1) is 15.5. The minimum absolute atomic E-state index is 0.289. The lowest BCUT2D eigenvalue weighted by Gasteiger charge is -2.32. The first-order valence-corrected chi connectivity index (χ1v) is 7.75. The van der Waals surface area contributed by atoms with Crippen molar-refractivity contribution in [1.29, 1.82) is 0 Å². The third-order valence-electron chi connectivity index (χ3n) is 4.07. The van der Waals surface area contributed by atoms with Gasteiger partial charge in [0.15, 0.2) is 0 Å². The Balaban J connectivity index is 1.83. The predicted molar refractivity (Wildman–Crippen MR) is 80.8 cm³/mol. The molecule has 1 aliphatic rings. The molecule has 0 saturated carbocycles. The van der Waals surface area contributed by atoms with Gasteiger partial charge in [0.05, 0.1) is 18.4 Å². The zero-order valence-electron chi connectivity index (χ0n) is 13.0. The maximum atomic E-state index is 5.81. The number of nitrogens with one attached hydrogen (secondary N) is 1. The van der Waals surface area contributed by atoms with E-state index in [9.17, 15) is 0 Å². The van der Waals surface area contributed by atoms with Gasteiger partial charge < -0.3 is 14.5 Å². The molecule has 2 rings (SSSR count). The van der Waals surface area contributed by atoms with E-state index in [1.807, 2.05) is 6.07 Å². The summed E-state index contributed by atoms with van der Waals surface area (Å²) in [6, 6.07) is 4.86. The SMILES string of the molecule is CCCC1CC(NCC(c2ccco2)N(C)C)CCO1. The molecular weight excluding hydrogens is 252 g/mol. The number of rotatable bonds is 7. The lowest BCUT2D eigenvalue weighted by Crippen LogP contribution is -2.42. The third-order valence-corrected chi connectivity index (χ3v) is 4.07. The van der Waals surface area contributed by atoms with Crippen LogP contribution in [0.1, 0.15) is 44.4 Å². The van der Waals surface area contributed by atoms with E-state index < -0.39 is 0 Å². The largest absolute Gasteiger partial charge is 0.468 e. The van der Waals surface area contributed by atoms with Crippen LogP contribution in [0.4, 0.5) is 0 Å². The van der Waals surface area contributed by atoms with Gasteiger partial charge in [-0.25, -0.2) is 0 Å². The van der Waals surface area contributed by atoms with Crippen molar-refractivity contribution in [3.8, 4) is 0 Å². The van der Waals surface area contributed by atoms with Gasteiger partial charge in [-0.05, 0) is 45.5 Å². The van der Waals surface area contributed by atoms with Crippen LogP contribution in [0.25, 0.3) is 0 Å². The molecule has 0 bridgehead atoms. The molecule has 1 saturated heterocycles. The average molecular weight is 280 g/mol. The van der Waals surface area contributed by atoms with Gasteiger partial charge >= 0.3 is 0 Å². The molecular formula is C16H28N2O2. The molecule has 3 unspecified atom stereocenters. The second kappa shape index (κ2) is 7.81. The molecule has 2 heterocycles. The summed E-state index contributed by atoms with van der Waals surface area (Å²) in [7, 11) is 4.19. The fourth-order valence-electron chi connectivity index (χ4n) is 2.89. The molecule has 0 aromatic carbocycles. The highest BCUT2D eigenvalue weighted by atomic mass is 16.5. The number of hydrogen-bond acceptors (Lipinski definition) is 4. The Morgan fingerprint density at radius 3 is 2.95 bits per heavy atom. The molecule has 0 aliphatic carbocycles. The summed E-state index contributed by atoms with van der Waals surface area (Å²) in [6.45, 7) is 4.03. The minimum atomic E-state index is 0.289. The summed E-state index contributed by atoms with van der Waals surface area (Å²) in [5.74, 6) is 1.03. The summed E-state index contributed by atoms with van der Waals surface area (Å²) in [5.41, 5.74) is 0.